The molecule has 104 valence electrons. The second kappa shape index (κ2) is 5.54. The maximum absolute atomic E-state index is 5.30. The van der Waals surface area contributed by atoms with Gasteiger partial charge in [0, 0.05) is 6.04 Å². The van der Waals surface area contributed by atoms with Crippen LogP contribution in [0, 0.1) is 11.8 Å². The molecule has 1 unspecified atom stereocenters. The number of nitrogens with one attached hydrogen (secondary N) is 1. The molecular weight excluding hydrogens is 234 g/mol. The van der Waals surface area contributed by atoms with Gasteiger partial charge in [0.25, 0.3) is 0 Å². The Hall–Kier alpha value is -1.02. The number of benzene rings is 1. The maximum Gasteiger partial charge on any atom is 0.119 e. The number of hydrogen-bond donors (Lipinski definition) is 1. The summed E-state index contributed by atoms with van der Waals surface area (Å²) in [6, 6.07) is 9.28. The highest BCUT2D eigenvalue weighted by atomic mass is 16.5. The Morgan fingerprint density at radius 1 is 1.32 bits per heavy atom. The van der Waals surface area contributed by atoms with Gasteiger partial charge in [0.2, 0.25) is 0 Å². The van der Waals surface area contributed by atoms with Crippen molar-refractivity contribution in [2.75, 3.05) is 13.7 Å². The second-order valence-corrected chi connectivity index (χ2v) is 6.36. The largest absolute Gasteiger partial charge is 0.497 e. The zero-order valence-corrected chi connectivity index (χ0v) is 12.1. The standard InChI is InChI=1S/C17H25NO/c1-12(13-6-7-13)11-18-16-8-15(9-16)14-4-3-5-17(10-14)19-2/h3-5,10,12-13,15-16,18H,6-9,11H2,1-2H3. The predicted molar refractivity (Wildman–Crippen MR) is 78.6 cm³/mol. The zero-order chi connectivity index (χ0) is 13.2. The van der Waals surface area contributed by atoms with E-state index in [1.54, 1.807) is 7.11 Å². The summed E-state index contributed by atoms with van der Waals surface area (Å²) in [4.78, 5) is 0. The number of rotatable bonds is 6. The summed E-state index contributed by atoms with van der Waals surface area (Å²) in [6.45, 7) is 3.60. The van der Waals surface area contributed by atoms with E-state index in [-0.39, 0.29) is 0 Å². The van der Waals surface area contributed by atoms with E-state index in [0.29, 0.717) is 0 Å². The van der Waals surface area contributed by atoms with Crippen molar-refractivity contribution in [3.63, 3.8) is 0 Å². The van der Waals surface area contributed by atoms with Crippen LogP contribution in [0.1, 0.15) is 44.1 Å². The molecule has 1 aromatic carbocycles. The molecule has 0 aliphatic heterocycles. The van der Waals surface area contributed by atoms with Crippen molar-refractivity contribution in [2.45, 2.75) is 44.6 Å². The van der Waals surface area contributed by atoms with E-state index < -0.39 is 0 Å². The fraction of sp³-hybridized carbons (Fsp3) is 0.647. The van der Waals surface area contributed by atoms with Gasteiger partial charge in [-0.2, -0.15) is 0 Å². The molecule has 1 atom stereocenters. The lowest BCUT2D eigenvalue weighted by atomic mass is 9.75. The first-order chi connectivity index (χ1) is 9.26. The monoisotopic (exact) mass is 259 g/mol. The first kappa shape index (κ1) is 13.0. The minimum absolute atomic E-state index is 0.726. The van der Waals surface area contributed by atoms with Crippen LogP contribution in [0.5, 0.6) is 5.75 Å². The van der Waals surface area contributed by atoms with Crippen molar-refractivity contribution in [1.82, 2.24) is 5.32 Å². The van der Waals surface area contributed by atoms with Crippen molar-refractivity contribution in [1.29, 1.82) is 0 Å². The fourth-order valence-corrected chi connectivity index (χ4v) is 3.14. The van der Waals surface area contributed by atoms with Gasteiger partial charge in [-0.15, -0.1) is 0 Å². The molecule has 1 aromatic rings. The van der Waals surface area contributed by atoms with Crippen LogP contribution in [0.4, 0.5) is 0 Å². The van der Waals surface area contributed by atoms with Crippen LogP contribution in [0.2, 0.25) is 0 Å². The van der Waals surface area contributed by atoms with E-state index in [0.717, 1.165) is 29.5 Å². The molecule has 3 rings (SSSR count). The molecule has 0 radical (unpaired) electrons. The lowest BCUT2D eigenvalue weighted by Gasteiger charge is -2.37. The summed E-state index contributed by atoms with van der Waals surface area (Å²) in [7, 11) is 1.74. The van der Waals surface area contributed by atoms with Gasteiger partial charge in [0.1, 0.15) is 5.75 Å². The molecule has 1 N–H and O–H groups in total. The zero-order valence-electron chi connectivity index (χ0n) is 12.1. The van der Waals surface area contributed by atoms with Gasteiger partial charge < -0.3 is 10.1 Å². The van der Waals surface area contributed by atoms with Crippen LogP contribution < -0.4 is 10.1 Å². The predicted octanol–water partition coefficient (Wildman–Crippen LogP) is 3.58. The van der Waals surface area contributed by atoms with Crippen molar-refractivity contribution < 1.29 is 4.74 Å². The van der Waals surface area contributed by atoms with Gasteiger partial charge in [0.15, 0.2) is 0 Å². The van der Waals surface area contributed by atoms with Crippen LogP contribution in [0.15, 0.2) is 24.3 Å². The van der Waals surface area contributed by atoms with Crippen molar-refractivity contribution in [3.8, 4) is 5.75 Å². The minimum Gasteiger partial charge on any atom is -0.497 e. The molecule has 2 nitrogen and oxygen atoms in total. The molecular formula is C17H25NO. The summed E-state index contributed by atoms with van der Waals surface area (Å²) >= 11 is 0. The quantitative estimate of drug-likeness (QED) is 0.843. The molecule has 0 aromatic heterocycles. The van der Waals surface area contributed by atoms with E-state index >= 15 is 0 Å². The lowest BCUT2D eigenvalue weighted by Crippen LogP contribution is -2.42. The summed E-state index contributed by atoms with van der Waals surface area (Å²) in [6.07, 6.45) is 5.48. The van der Waals surface area contributed by atoms with Crippen LogP contribution in [-0.4, -0.2) is 19.7 Å². The molecule has 0 amide bonds. The third-order valence-corrected chi connectivity index (χ3v) is 4.86. The molecule has 19 heavy (non-hydrogen) atoms. The summed E-state index contributed by atoms with van der Waals surface area (Å²) in [5.41, 5.74) is 1.44. The molecule has 2 aliphatic rings. The van der Waals surface area contributed by atoms with Crippen molar-refractivity contribution in [2.24, 2.45) is 11.8 Å². The Morgan fingerprint density at radius 3 is 2.79 bits per heavy atom. The Kier molecular flexibility index (Phi) is 3.79. The van der Waals surface area contributed by atoms with E-state index in [4.69, 9.17) is 4.74 Å². The molecule has 2 saturated carbocycles. The van der Waals surface area contributed by atoms with E-state index in [1.165, 1.54) is 37.8 Å². The Balaban J connectivity index is 1.43. The average molecular weight is 259 g/mol. The second-order valence-electron chi connectivity index (χ2n) is 6.36. The van der Waals surface area contributed by atoms with Gasteiger partial charge in [-0.3, -0.25) is 0 Å². The van der Waals surface area contributed by atoms with Crippen LogP contribution in [-0.2, 0) is 0 Å². The van der Waals surface area contributed by atoms with Crippen molar-refractivity contribution >= 4 is 0 Å². The Bertz CT molecular complexity index is 421. The highest BCUT2D eigenvalue weighted by Crippen LogP contribution is 2.39. The van der Waals surface area contributed by atoms with Crippen LogP contribution in [0.25, 0.3) is 0 Å². The van der Waals surface area contributed by atoms with E-state index in [1.807, 2.05) is 6.07 Å². The van der Waals surface area contributed by atoms with E-state index in [2.05, 4.69) is 30.4 Å². The topological polar surface area (TPSA) is 21.3 Å². The molecule has 2 fully saturated rings. The maximum atomic E-state index is 5.30. The summed E-state index contributed by atoms with van der Waals surface area (Å²) in [5, 5.41) is 3.74. The first-order valence-electron chi connectivity index (χ1n) is 7.63. The Morgan fingerprint density at radius 2 is 2.11 bits per heavy atom. The van der Waals surface area contributed by atoms with E-state index in [9.17, 15) is 0 Å². The normalized spacial score (nSPS) is 27.7. The SMILES string of the molecule is COc1cccc(C2CC(NCC(C)C3CC3)C2)c1. The molecule has 0 bridgehead atoms. The molecule has 2 heteroatoms. The third-order valence-electron chi connectivity index (χ3n) is 4.86. The smallest absolute Gasteiger partial charge is 0.119 e. The average Bonchev–Trinajstić information content (AvgIpc) is 3.21. The molecule has 0 saturated heterocycles. The molecule has 0 heterocycles. The van der Waals surface area contributed by atoms with Gasteiger partial charge in [-0.25, -0.2) is 0 Å². The van der Waals surface area contributed by atoms with Crippen LogP contribution >= 0.6 is 0 Å². The lowest BCUT2D eigenvalue weighted by molar-refractivity contribution is 0.273. The van der Waals surface area contributed by atoms with Gasteiger partial charge in [-0.05, 0) is 67.7 Å². The van der Waals surface area contributed by atoms with Gasteiger partial charge in [0.05, 0.1) is 7.11 Å². The highest BCUT2D eigenvalue weighted by Gasteiger charge is 2.32. The van der Waals surface area contributed by atoms with Gasteiger partial charge >= 0.3 is 0 Å². The third kappa shape index (κ3) is 3.11. The number of ether oxygens (including phenoxy) is 1. The fourth-order valence-electron chi connectivity index (χ4n) is 3.14. The number of hydrogen-bond acceptors (Lipinski definition) is 2. The van der Waals surface area contributed by atoms with Crippen LogP contribution in [0.3, 0.4) is 0 Å². The number of methoxy groups -OCH3 is 1. The molecule has 0 spiro atoms. The first-order valence-corrected chi connectivity index (χ1v) is 7.63. The molecule has 2 aliphatic carbocycles. The van der Waals surface area contributed by atoms with Crippen molar-refractivity contribution in [3.05, 3.63) is 29.8 Å². The Labute approximate surface area is 116 Å². The summed E-state index contributed by atoms with van der Waals surface area (Å²) in [5.74, 6) is 3.60. The highest BCUT2D eigenvalue weighted by molar-refractivity contribution is 5.32. The minimum atomic E-state index is 0.726. The van der Waals surface area contributed by atoms with Gasteiger partial charge in [-0.1, -0.05) is 19.1 Å². The summed E-state index contributed by atoms with van der Waals surface area (Å²) < 4.78 is 5.30.